The maximum absolute atomic E-state index is 13.5. The van der Waals surface area contributed by atoms with Crippen molar-refractivity contribution in [1.82, 2.24) is 0 Å². The van der Waals surface area contributed by atoms with Gasteiger partial charge >= 0.3 is 0 Å². The van der Waals surface area contributed by atoms with Crippen LogP contribution in [0.4, 0.5) is 10.1 Å². The summed E-state index contributed by atoms with van der Waals surface area (Å²) in [5.41, 5.74) is 5.91. The van der Waals surface area contributed by atoms with Gasteiger partial charge in [-0.25, -0.2) is 4.39 Å². The van der Waals surface area contributed by atoms with Crippen LogP contribution >= 0.6 is 12.4 Å². The van der Waals surface area contributed by atoms with E-state index in [2.05, 4.69) is 5.32 Å². The molecule has 1 saturated carbocycles. The van der Waals surface area contributed by atoms with Crippen LogP contribution in [0.5, 0.6) is 5.75 Å². The highest BCUT2D eigenvalue weighted by Crippen LogP contribution is 2.27. The Balaban J connectivity index is 0.00000180. The zero-order chi connectivity index (χ0) is 13.1. The third kappa shape index (κ3) is 3.81. The van der Waals surface area contributed by atoms with E-state index < -0.39 is 5.82 Å². The van der Waals surface area contributed by atoms with Crippen molar-refractivity contribution >= 4 is 24.0 Å². The van der Waals surface area contributed by atoms with Crippen molar-refractivity contribution in [2.24, 2.45) is 11.7 Å². The summed E-state index contributed by atoms with van der Waals surface area (Å²) in [5.74, 6) is -0.248. The van der Waals surface area contributed by atoms with Crippen LogP contribution < -0.4 is 15.8 Å². The highest BCUT2D eigenvalue weighted by Gasteiger charge is 2.28. The molecule has 1 aromatic rings. The van der Waals surface area contributed by atoms with E-state index in [1.54, 1.807) is 0 Å². The van der Waals surface area contributed by atoms with Gasteiger partial charge in [0.1, 0.15) is 11.6 Å². The minimum absolute atomic E-state index is 0. The van der Waals surface area contributed by atoms with Gasteiger partial charge in [0, 0.05) is 18.0 Å². The minimum atomic E-state index is -0.466. The number of amides is 1. The van der Waals surface area contributed by atoms with E-state index in [1.165, 1.54) is 25.3 Å². The summed E-state index contributed by atoms with van der Waals surface area (Å²) in [6.45, 7) is 0. The molecule has 2 rings (SSSR count). The molecule has 3 N–H and O–H groups in total. The summed E-state index contributed by atoms with van der Waals surface area (Å²) in [6, 6.07) is 4.34. The summed E-state index contributed by atoms with van der Waals surface area (Å²) in [7, 11) is 1.49. The third-order valence-corrected chi connectivity index (χ3v) is 3.28. The average molecular weight is 289 g/mol. The molecule has 1 fully saturated rings. The number of carbonyl (C=O) groups is 1. The fourth-order valence-corrected chi connectivity index (χ4v) is 2.22. The van der Waals surface area contributed by atoms with Gasteiger partial charge in [0.05, 0.1) is 12.8 Å². The molecule has 4 nitrogen and oxygen atoms in total. The molecule has 19 heavy (non-hydrogen) atoms. The fraction of sp³-hybridized carbons (Fsp3) is 0.462. The van der Waals surface area contributed by atoms with Gasteiger partial charge in [-0.3, -0.25) is 4.79 Å². The molecule has 1 aliphatic rings. The Morgan fingerprint density at radius 3 is 2.79 bits per heavy atom. The first-order valence-corrected chi connectivity index (χ1v) is 6.00. The maximum Gasteiger partial charge on any atom is 0.227 e. The quantitative estimate of drug-likeness (QED) is 0.897. The van der Waals surface area contributed by atoms with Crippen LogP contribution in [0.15, 0.2) is 18.2 Å². The number of methoxy groups -OCH3 is 1. The molecule has 0 heterocycles. The lowest BCUT2D eigenvalue weighted by Gasteiger charge is -2.12. The zero-order valence-corrected chi connectivity index (χ0v) is 11.5. The highest BCUT2D eigenvalue weighted by molar-refractivity contribution is 5.93. The van der Waals surface area contributed by atoms with E-state index in [1.807, 2.05) is 0 Å². The van der Waals surface area contributed by atoms with Crippen molar-refractivity contribution in [2.75, 3.05) is 12.4 Å². The topological polar surface area (TPSA) is 64.3 Å². The Kier molecular flexibility index (Phi) is 5.57. The molecule has 2 atom stereocenters. The second kappa shape index (κ2) is 6.73. The van der Waals surface area contributed by atoms with Crippen LogP contribution in [0.25, 0.3) is 0 Å². The maximum atomic E-state index is 13.5. The van der Waals surface area contributed by atoms with Gasteiger partial charge in [0.15, 0.2) is 0 Å². The normalized spacial score (nSPS) is 21.6. The van der Waals surface area contributed by atoms with Gasteiger partial charge in [0.25, 0.3) is 0 Å². The predicted octanol–water partition coefficient (Wildman–Crippen LogP) is 2.32. The van der Waals surface area contributed by atoms with Crippen molar-refractivity contribution in [1.29, 1.82) is 0 Å². The van der Waals surface area contributed by atoms with Crippen molar-refractivity contribution in [3.05, 3.63) is 24.0 Å². The first-order valence-electron chi connectivity index (χ1n) is 6.00. The van der Waals surface area contributed by atoms with E-state index in [-0.39, 0.29) is 36.0 Å². The van der Waals surface area contributed by atoms with Crippen LogP contribution in [-0.4, -0.2) is 19.1 Å². The summed E-state index contributed by atoms with van der Waals surface area (Å²) < 4.78 is 18.5. The Morgan fingerprint density at radius 1 is 1.47 bits per heavy atom. The molecule has 0 aromatic heterocycles. The van der Waals surface area contributed by atoms with Crippen LogP contribution in [0, 0.1) is 11.7 Å². The van der Waals surface area contributed by atoms with Crippen molar-refractivity contribution < 1.29 is 13.9 Å². The van der Waals surface area contributed by atoms with E-state index in [4.69, 9.17) is 10.5 Å². The highest BCUT2D eigenvalue weighted by atomic mass is 35.5. The van der Waals surface area contributed by atoms with Gasteiger partial charge in [0.2, 0.25) is 5.91 Å². The van der Waals surface area contributed by atoms with Crippen molar-refractivity contribution in [3.8, 4) is 5.75 Å². The summed E-state index contributed by atoms with van der Waals surface area (Å²) in [4.78, 5) is 11.9. The van der Waals surface area contributed by atoms with E-state index >= 15 is 0 Å². The third-order valence-electron chi connectivity index (χ3n) is 3.28. The van der Waals surface area contributed by atoms with E-state index in [0.29, 0.717) is 12.2 Å². The monoisotopic (exact) mass is 288 g/mol. The van der Waals surface area contributed by atoms with Crippen LogP contribution in [0.3, 0.4) is 0 Å². The lowest BCUT2D eigenvalue weighted by molar-refractivity contribution is -0.119. The molecule has 6 heteroatoms. The molecule has 0 radical (unpaired) electrons. The number of anilines is 1. The molecule has 0 spiro atoms. The number of rotatable bonds is 3. The molecular weight excluding hydrogens is 271 g/mol. The Morgan fingerprint density at radius 2 is 2.21 bits per heavy atom. The van der Waals surface area contributed by atoms with Gasteiger partial charge < -0.3 is 15.8 Å². The van der Waals surface area contributed by atoms with Crippen molar-refractivity contribution in [2.45, 2.75) is 25.3 Å². The van der Waals surface area contributed by atoms with Gasteiger partial charge in [-0.1, -0.05) is 0 Å². The molecule has 1 aromatic carbocycles. The largest absolute Gasteiger partial charge is 0.497 e. The van der Waals surface area contributed by atoms with Gasteiger partial charge in [-0.2, -0.15) is 0 Å². The molecule has 0 saturated heterocycles. The second-order valence-corrected chi connectivity index (χ2v) is 4.61. The first-order chi connectivity index (χ1) is 8.60. The standard InChI is InChI=1S/C13H17FN2O2.ClH/c1-18-10-4-5-11(14)12(7-10)16-13(17)8-2-3-9(15)6-8;/h4-5,7-9H,2-3,6,15H2,1H3,(H,16,17);1H. The van der Waals surface area contributed by atoms with E-state index in [9.17, 15) is 9.18 Å². The number of hydrogen-bond donors (Lipinski definition) is 2. The van der Waals surface area contributed by atoms with Crippen LogP contribution in [0.2, 0.25) is 0 Å². The molecule has 1 aliphatic carbocycles. The molecule has 2 unspecified atom stereocenters. The fourth-order valence-electron chi connectivity index (χ4n) is 2.22. The first kappa shape index (κ1) is 15.7. The Labute approximate surface area is 117 Å². The number of nitrogens with two attached hydrogens (primary N) is 1. The van der Waals surface area contributed by atoms with Crippen molar-refractivity contribution in [3.63, 3.8) is 0 Å². The van der Waals surface area contributed by atoms with Gasteiger partial charge in [-0.15, -0.1) is 12.4 Å². The molecular formula is C13H18ClFN2O2. The van der Waals surface area contributed by atoms with Gasteiger partial charge in [-0.05, 0) is 31.4 Å². The minimum Gasteiger partial charge on any atom is -0.497 e. The number of ether oxygens (including phenoxy) is 1. The lowest BCUT2D eigenvalue weighted by Crippen LogP contribution is -2.23. The average Bonchev–Trinajstić information content (AvgIpc) is 2.79. The van der Waals surface area contributed by atoms with E-state index in [0.717, 1.165) is 12.8 Å². The summed E-state index contributed by atoms with van der Waals surface area (Å²) >= 11 is 0. The number of hydrogen-bond acceptors (Lipinski definition) is 3. The van der Waals surface area contributed by atoms with Crippen LogP contribution in [-0.2, 0) is 4.79 Å². The second-order valence-electron chi connectivity index (χ2n) is 4.61. The molecule has 106 valence electrons. The summed E-state index contributed by atoms with van der Waals surface area (Å²) in [6.07, 6.45) is 2.27. The van der Waals surface area contributed by atoms with Crippen LogP contribution in [0.1, 0.15) is 19.3 Å². The lowest BCUT2D eigenvalue weighted by atomic mass is 10.1. The number of halogens is 2. The number of nitrogens with one attached hydrogen (secondary N) is 1. The zero-order valence-electron chi connectivity index (χ0n) is 10.7. The number of benzene rings is 1. The Hall–Kier alpha value is -1.33. The molecule has 0 aliphatic heterocycles. The molecule has 1 amide bonds. The SMILES string of the molecule is COc1ccc(F)c(NC(=O)C2CCC(N)C2)c1.Cl. The molecule has 0 bridgehead atoms. The summed E-state index contributed by atoms with van der Waals surface area (Å²) in [5, 5.41) is 2.60. The smallest absolute Gasteiger partial charge is 0.227 e. The Bertz CT molecular complexity index is 456. The predicted molar refractivity (Wildman–Crippen MR) is 74.1 cm³/mol. The number of carbonyl (C=O) groups excluding carboxylic acids is 1.